The summed E-state index contributed by atoms with van der Waals surface area (Å²) in [5, 5.41) is 5.48. The van der Waals surface area contributed by atoms with Gasteiger partial charge in [-0.15, -0.1) is 0 Å². The molecular formula is C25H22N2O3. The van der Waals surface area contributed by atoms with Crippen molar-refractivity contribution >= 4 is 23.6 Å². The molecule has 0 bridgehead atoms. The lowest BCUT2D eigenvalue weighted by molar-refractivity contribution is -0.113. The zero-order chi connectivity index (χ0) is 21.2. The molecule has 0 atom stereocenters. The lowest BCUT2D eigenvalue weighted by atomic mass is 10.1. The summed E-state index contributed by atoms with van der Waals surface area (Å²) in [6.07, 6.45) is 5.14. The third-order valence-corrected chi connectivity index (χ3v) is 4.23. The van der Waals surface area contributed by atoms with Crippen molar-refractivity contribution in [2.75, 3.05) is 12.4 Å². The van der Waals surface area contributed by atoms with Crippen LogP contribution < -0.4 is 15.4 Å². The summed E-state index contributed by atoms with van der Waals surface area (Å²) in [6.45, 7) is 0. The van der Waals surface area contributed by atoms with E-state index in [0.717, 1.165) is 5.56 Å². The Bertz CT molecular complexity index is 1060. The molecule has 3 aromatic rings. The maximum atomic E-state index is 12.8. The average Bonchev–Trinajstić information content (AvgIpc) is 2.79. The fourth-order valence-electron chi connectivity index (χ4n) is 2.74. The minimum absolute atomic E-state index is 0.113. The van der Waals surface area contributed by atoms with E-state index in [0.29, 0.717) is 17.0 Å². The van der Waals surface area contributed by atoms with Crippen molar-refractivity contribution in [2.24, 2.45) is 0 Å². The van der Waals surface area contributed by atoms with Crippen LogP contribution in [0.1, 0.15) is 15.9 Å². The van der Waals surface area contributed by atoms with E-state index in [1.165, 1.54) is 7.11 Å². The largest absolute Gasteiger partial charge is 0.496 e. The van der Waals surface area contributed by atoms with Crippen LogP contribution in [0.4, 0.5) is 5.69 Å². The highest BCUT2D eigenvalue weighted by atomic mass is 16.5. The first kappa shape index (κ1) is 20.6. The lowest BCUT2D eigenvalue weighted by Gasteiger charge is -2.12. The van der Waals surface area contributed by atoms with Crippen LogP contribution in [0.25, 0.3) is 6.08 Å². The Kier molecular flexibility index (Phi) is 7.17. The van der Waals surface area contributed by atoms with Gasteiger partial charge in [0.25, 0.3) is 11.8 Å². The second-order valence-electron chi connectivity index (χ2n) is 6.32. The van der Waals surface area contributed by atoms with Crippen molar-refractivity contribution < 1.29 is 14.3 Å². The topological polar surface area (TPSA) is 67.4 Å². The normalized spacial score (nSPS) is 11.2. The Morgan fingerprint density at radius 3 is 2.17 bits per heavy atom. The summed E-state index contributed by atoms with van der Waals surface area (Å²) >= 11 is 0. The Balaban J connectivity index is 1.84. The molecule has 30 heavy (non-hydrogen) atoms. The fraction of sp³-hybridized carbons (Fsp3) is 0.0400. The Morgan fingerprint density at radius 1 is 0.833 bits per heavy atom. The monoisotopic (exact) mass is 398 g/mol. The third kappa shape index (κ3) is 5.69. The molecule has 0 fully saturated rings. The van der Waals surface area contributed by atoms with Gasteiger partial charge in [-0.3, -0.25) is 9.59 Å². The van der Waals surface area contributed by atoms with Crippen molar-refractivity contribution in [3.05, 3.63) is 114 Å². The van der Waals surface area contributed by atoms with Gasteiger partial charge < -0.3 is 15.4 Å². The Labute approximate surface area is 175 Å². The molecule has 0 aromatic heterocycles. The standard InChI is InChI=1S/C25H22N2O3/c1-30-23-18-9-8-16-21(23)24(28)27-22(17-10-13-19-11-4-2-5-12-19)25(29)26-20-14-6-3-7-15-20/h2-18H,1H3,(H,26,29)(H,27,28). The molecule has 5 nitrogen and oxygen atoms in total. The summed E-state index contributed by atoms with van der Waals surface area (Å²) in [5.41, 5.74) is 2.06. The predicted octanol–water partition coefficient (Wildman–Crippen LogP) is 4.66. The summed E-state index contributed by atoms with van der Waals surface area (Å²) in [4.78, 5) is 25.6. The number of anilines is 1. The maximum Gasteiger partial charge on any atom is 0.272 e. The number of amides is 2. The Hall–Kier alpha value is -4.12. The van der Waals surface area contributed by atoms with Gasteiger partial charge in [-0.25, -0.2) is 0 Å². The highest BCUT2D eigenvalue weighted by Crippen LogP contribution is 2.17. The van der Waals surface area contributed by atoms with Crippen molar-refractivity contribution in [3.63, 3.8) is 0 Å². The lowest BCUT2D eigenvalue weighted by Crippen LogP contribution is -2.31. The van der Waals surface area contributed by atoms with Crippen LogP contribution in [0.5, 0.6) is 5.75 Å². The number of nitrogens with one attached hydrogen (secondary N) is 2. The smallest absolute Gasteiger partial charge is 0.272 e. The number of hydrogen-bond acceptors (Lipinski definition) is 3. The van der Waals surface area contributed by atoms with Crippen LogP contribution in [0, 0.1) is 0 Å². The van der Waals surface area contributed by atoms with Gasteiger partial charge in [0.2, 0.25) is 0 Å². The van der Waals surface area contributed by atoms with Gasteiger partial charge in [0, 0.05) is 5.69 Å². The van der Waals surface area contributed by atoms with E-state index in [-0.39, 0.29) is 5.70 Å². The Morgan fingerprint density at radius 2 is 1.47 bits per heavy atom. The molecule has 3 aromatic carbocycles. The van der Waals surface area contributed by atoms with Crippen LogP contribution in [-0.4, -0.2) is 18.9 Å². The second kappa shape index (κ2) is 10.4. The van der Waals surface area contributed by atoms with E-state index in [4.69, 9.17) is 4.74 Å². The van der Waals surface area contributed by atoms with Crippen molar-refractivity contribution in [1.29, 1.82) is 0 Å². The fourth-order valence-corrected chi connectivity index (χ4v) is 2.74. The first-order valence-corrected chi connectivity index (χ1v) is 9.41. The molecule has 0 aliphatic carbocycles. The van der Waals surface area contributed by atoms with E-state index in [2.05, 4.69) is 10.6 Å². The van der Waals surface area contributed by atoms with Gasteiger partial charge in [0.05, 0.1) is 12.7 Å². The molecule has 0 spiro atoms. The molecule has 0 heterocycles. The zero-order valence-electron chi connectivity index (χ0n) is 16.5. The molecule has 0 radical (unpaired) electrons. The number of methoxy groups -OCH3 is 1. The maximum absolute atomic E-state index is 12.8. The molecule has 3 rings (SSSR count). The van der Waals surface area contributed by atoms with Crippen LogP contribution in [0.3, 0.4) is 0 Å². The van der Waals surface area contributed by atoms with Crippen LogP contribution in [0.2, 0.25) is 0 Å². The van der Waals surface area contributed by atoms with Gasteiger partial charge in [0.15, 0.2) is 0 Å². The molecule has 0 saturated heterocycles. The van der Waals surface area contributed by atoms with Crippen LogP contribution in [0.15, 0.2) is 103 Å². The minimum atomic E-state index is -0.435. The second-order valence-corrected chi connectivity index (χ2v) is 6.32. The highest BCUT2D eigenvalue weighted by molar-refractivity contribution is 6.09. The van der Waals surface area contributed by atoms with E-state index >= 15 is 0 Å². The first-order chi connectivity index (χ1) is 14.7. The summed E-state index contributed by atoms with van der Waals surface area (Å²) in [5.74, 6) is -0.435. The molecular weight excluding hydrogens is 376 g/mol. The number of carbonyl (C=O) groups is 2. The average molecular weight is 398 g/mol. The molecule has 2 N–H and O–H groups in total. The molecule has 0 unspecified atom stereocenters. The van der Waals surface area contributed by atoms with Gasteiger partial charge >= 0.3 is 0 Å². The number of benzene rings is 3. The first-order valence-electron chi connectivity index (χ1n) is 9.41. The molecule has 5 heteroatoms. The number of rotatable bonds is 7. The number of ether oxygens (including phenoxy) is 1. The molecule has 0 saturated carbocycles. The van der Waals surface area contributed by atoms with Crippen LogP contribution >= 0.6 is 0 Å². The summed E-state index contributed by atoms with van der Waals surface area (Å²) in [6, 6.07) is 25.6. The number of hydrogen-bond donors (Lipinski definition) is 2. The van der Waals surface area contributed by atoms with Gasteiger partial charge in [0.1, 0.15) is 11.4 Å². The number of allylic oxidation sites excluding steroid dienone is 2. The quantitative estimate of drug-likeness (QED) is 0.449. The van der Waals surface area contributed by atoms with Crippen LogP contribution in [-0.2, 0) is 4.79 Å². The summed E-state index contributed by atoms with van der Waals surface area (Å²) < 4.78 is 5.25. The van der Waals surface area contributed by atoms with Crippen molar-refractivity contribution in [1.82, 2.24) is 5.32 Å². The van der Waals surface area contributed by atoms with E-state index in [1.54, 1.807) is 48.6 Å². The van der Waals surface area contributed by atoms with Crippen molar-refractivity contribution in [2.45, 2.75) is 0 Å². The van der Waals surface area contributed by atoms with Gasteiger partial charge in [-0.05, 0) is 35.9 Å². The molecule has 0 aliphatic heterocycles. The van der Waals surface area contributed by atoms with E-state index < -0.39 is 11.8 Å². The molecule has 0 aliphatic rings. The van der Waals surface area contributed by atoms with E-state index in [1.807, 2.05) is 54.6 Å². The highest BCUT2D eigenvalue weighted by Gasteiger charge is 2.17. The molecule has 150 valence electrons. The zero-order valence-corrected chi connectivity index (χ0v) is 16.5. The van der Waals surface area contributed by atoms with Gasteiger partial charge in [-0.2, -0.15) is 0 Å². The van der Waals surface area contributed by atoms with Gasteiger partial charge in [-0.1, -0.05) is 72.8 Å². The minimum Gasteiger partial charge on any atom is -0.496 e. The predicted molar refractivity (Wildman–Crippen MR) is 119 cm³/mol. The number of carbonyl (C=O) groups excluding carboxylic acids is 2. The SMILES string of the molecule is COc1ccccc1C(=O)NC(=CC=Cc1ccccc1)C(=O)Nc1ccccc1. The molecule has 2 amide bonds. The van der Waals surface area contributed by atoms with E-state index in [9.17, 15) is 9.59 Å². The number of para-hydroxylation sites is 2. The summed E-state index contributed by atoms with van der Waals surface area (Å²) in [7, 11) is 1.49. The van der Waals surface area contributed by atoms with Crippen molar-refractivity contribution in [3.8, 4) is 5.75 Å². The third-order valence-electron chi connectivity index (χ3n) is 4.23.